The molecule has 4 aromatic rings. The third-order valence-electron chi connectivity index (χ3n) is 5.01. The summed E-state index contributed by atoms with van der Waals surface area (Å²) in [6.45, 7) is 4.90. The minimum Gasteiger partial charge on any atom is -0.370 e. The topological polar surface area (TPSA) is 52.3 Å². The number of fused-ring (bicyclic) bond motifs is 5. The molecule has 0 atom stereocenters. The molecule has 29 heavy (non-hydrogen) atoms. The summed E-state index contributed by atoms with van der Waals surface area (Å²) in [6.07, 6.45) is 2.89. The lowest BCUT2D eigenvalue weighted by molar-refractivity contribution is -0.0379. The predicted molar refractivity (Wildman–Crippen MR) is 122 cm³/mol. The molecule has 5 rings (SSSR count). The lowest BCUT2D eigenvalue weighted by atomic mass is 9.94. The summed E-state index contributed by atoms with van der Waals surface area (Å²) >= 11 is 11.3. The van der Waals surface area contributed by atoms with Crippen LogP contribution in [0.3, 0.4) is 0 Å². The second kappa shape index (κ2) is 7.42. The molecule has 0 bridgehead atoms. The summed E-state index contributed by atoms with van der Waals surface area (Å²) in [4.78, 5) is 7.22. The van der Waals surface area contributed by atoms with Crippen LogP contribution in [0.15, 0.2) is 34.6 Å². The summed E-state index contributed by atoms with van der Waals surface area (Å²) < 4.78 is 8.10. The van der Waals surface area contributed by atoms with Gasteiger partial charge < -0.3 is 4.74 Å². The van der Waals surface area contributed by atoms with Crippen molar-refractivity contribution in [1.29, 1.82) is 0 Å². The van der Waals surface area contributed by atoms with Gasteiger partial charge in [-0.1, -0.05) is 53.3 Å². The van der Waals surface area contributed by atoms with E-state index < -0.39 is 0 Å². The van der Waals surface area contributed by atoms with Gasteiger partial charge >= 0.3 is 0 Å². The van der Waals surface area contributed by atoms with E-state index in [9.17, 15) is 0 Å². The van der Waals surface area contributed by atoms with Crippen molar-refractivity contribution >= 4 is 62.3 Å². The van der Waals surface area contributed by atoms with Crippen LogP contribution in [-0.2, 0) is 23.5 Å². The molecule has 0 N–H and O–H groups in total. The van der Waals surface area contributed by atoms with Crippen LogP contribution >= 0.6 is 46.5 Å². The second-order valence-electron chi connectivity index (χ2n) is 7.53. The predicted octanol–water partition coefficient (Wildman–Crippen LogP) is 5.86. The molecule has 0 saturated carbocycles. The molecule has 0 spiro atoms. The van der Waals surface area contributed by atoms with E-state index in [2.05, 4.69) is 28.4 Å². The van der Waals surface area contributed by atoms with E-state index in [4.69, 9.17) is 21.3 Å². The molecular weight excluding hydrogens is 444 g/mol. The van der Waals surface area contributed by atoms with Crippen molar-refractivity contribution in [3.05, 3.63) is 45.3 Å². The molecule has 9 heteroatoms. The number of ether oxygens (including phenoxy) is 1. The number of nitrogens with zero attached hydrogens (tertiary/aromatic N) is 4. The molecule has 1 aliphatic rings. The summed E-state index contributed by atoms with van der Waals surface area (Å²) in [5, 5.41) is 12.7. The van der Waals surface area contributed by atoms with Gasteiger partial charge in [0.25, 0.3) is 0 Å². The Morgan fingerprint density at radius 2 is 2.07 bits per heavy atom. The van der Waals surface area contributed by atoms with Crippen molar-refractivity contribution in [3.63, 3.8) is 0 Å². The summed E-state index contributed by atoms with van der Waals surface area (Å²) in [5.74, 6) is 0.731. The molecule has 1 aliphatic heterocycles. The standard InChI is InChI=1S/C20H19ClN4OS3/c1-20(2)8-12-14(9-26-20)29-17-15(12)16-23-24-19(25(16)18(22-17)27-3)28-10-11-6-4-5-7-13(11)21/h4-7H,8-10H2,1-3H3. The number of thioether (sulfide) groups is 2. The Morgan fingerprint density at radius 1 is 1.24 bits per heavy atom. The fourth-order valence-corrected chi connectivity index (χ4v) is 6.55. The van der Waals surface area contributed by atoms with Crippen molar-refractivity contribution in [1.82, 2.24) is 19.6 Å². The Hall–Kier alpha value is -1.32. The number of benzene rings is 1. The van der Waals surface area contributed by atoms with Crippen LogP contribution in [0, 0.1) is 0 Å². The highest BCUT2D eigenvalue weighted by atomic mass is 35.5. The van der Waals surface area contributed by atoms with Crippen molar-refractivity contribution in [2.45, 2.75) is 48.5 Å². The number of aromatic nitrogens is 4. The van der Waals surface area contributed by atoms with Crippen molar-refractivity contribution in [2.24, 2.45) is 0 Å². The van der Waals surface area contributed by atoms with Crippen LogP contribution in [0.4, 0.5) is 0 Å². The van der Waals surface area contributed by atoms with E-state index in [-0.39, 0.29) is 5.60 Å². The Morgan fingerprint density at radius 3 is 2.86 bits per heavy atom. The van der Waals surface area contributed by atoms with E-state index in [0.717, 1.165) is 48.9 Å². The highest BCUT2D eigenvalue weighted by Crippen LogP contribution is 2.41. The third kappa shape index (κ3) is 3.45. The lowest BCUT2D eigenvalue weighted by Gasteiger charge is -2.30. The van der Waals surface area contributed by atoms with Crippen molar-refractivity contribution in [2.75, 3.05) is 6.26 Å². The first-order chi connectivity index (χ1) is 14.0. The largest absolute Gasteiger partial charge is 0.370 e. The average Bonchev–Trinajstić information content (AvgIpc) is 3.27. The first-order valence-corrected chi connectivity index (χ1v) is 12.6. The first kappa shape index (κ1) is 19.6. The van der Waals surface area contributed by atoms with Crippen molar-refractivity contribution in [3.8, 4) is 0 Å². The maximum Gasteiger partial charge on any atom is 0.198 e. The van der Waals surface area contributed by atoms with Gasteiger partial charge in [-0.2, -0.15) is 0 Å². The van der Waals surface area contributed by atoms with Crippen LogP contribution in [0.5, 0.6) is 0 Å². The minimum atomic E-state index is -0.183. The zero-order chi connectivity index (χ0) is 20.2. The van der Waals surface area contributed by atoms with Crippen LogP contribution < -0.4 is 0 Å². The zero-order valence-corrected chi connectivity index (χ0v) is 19.4. The fourth-order valence-electron chi connectivity index (χ4n) is 3.58. The number of hydrogen-bond donors (Lipinski definition) is 0. The maximum atomic E-state index is 6.33. The highest BCUT2D eigenvalue weighted by Gasteiger charge is 2.31. The van der Waals surface area contributed by atoms with Crippen LogP contribution in [-0.4, -0.2) is 31.4 Å². The SMILES string of the molecule is CSc1nc2sc3c(c2c2nnc(SCc4ccccc4Cl)n12)CC(C)(C)OC3. The second-order valence-corrected chi connectivity index (χ2v) is 10.7. The van der Waals surface area contributed by atoms with Gasteiger partial charge in [0, 0.05) is 22.1 Å². The van der Waals surface area contributed by atoms with Gasteiger partial charge in [-0.15, -0.1) is 21.5 Å². The van der Waals surface area contributed by atoms with Gasteiger partial charge in [-0.3, -0.25) is 0 Å². The number of hydrogen-bond acceptors (Lipinski definition) is 7. The van der Waals surface area contributed by atoms with Crippen LogP contribution in [0.25, 0.3) is 15.9 Å². The molecule has 0 fully saturated rings. The highest BCUT2D eigenvalue weighted by molar-refractivity contribution is 7.99. The Balaban J connectivity index is 1.63. The fraction of sp³-hybridized carbons (Fsp3) is 0.350. The number of rotatable bonds is 4. The van der Waals surface area contributed by atoms with E-state index >= 15 is 0 Å². The Bertz CT molecular complexity index is 1230. The van der Waals surface area contributed by atoms with Crippen LogP contribution in [0.2, 0.25) is 5.02 Å². The molecule has 4 heterocycles. The zero-order valence-electron chi connectivity index (χ0n) is 16.2. The van der Waals surface area contributed by atoms with E-state index in [1.807, 2.05) is 30.5 Å². The van der Waals surface area contributed by atoms with Gasteiger partial charge in [-0.05, 0) is 37.3 Å². The molecule has 0 aliphatic carbocycles. The molecule has 0 unspecified atom stereocenters. The van der Waals surface area contributed by atoms with Gasteiger partial charge in [-0.25, -0.2) is 9.38 Å². The van der Waals surface area contributed by atoms with Crippen molar-refractivity contribution < 1.29 is 4.74 Å². The first-order valence-electron chi connectivity index (χ1n) is 9.20. The Kier molecular flexibility index (Phi) is 5.03. The van der Waals surface area contributed by atoms with E-state index in [1.54, 1.807) is 34.9 Å². The van der Waals surface area contributed by atoms with Gasteiger partial charge in [0.1, 0.15) is 4.83 Å². The van der Waals surface area contributed by atoms with Gasteiger partial charge in [0.2, 0.25) is 0 Å². The normalized spacial score (nSPS) is 15.9. The molecule has 0 radical (unpaired) electrons. The van der Waals surface area contributed by atoms with E-state index in [1.165, 1.54) is 10.4 Å². The van der Waals surface area contributed by atoms with Gasteiger partial charge in [0.15, 0.2) is 16.0 Å². The summed E-state index contributed by atoms with van der Waals surface area (Å²) in [6, 6.07) is 7.91. The minimum absolute atomic E-state index is 0.183. The third-order valence-corrected chi connectivity index (χ3v) is 8.10. The number of halogens is 1. The van der Waals surface area contributed by atoms with Gasteiger partial charge in [0.05, 0.1) is 17.6 Å². The molecule has 5 nitrogen and oxygen atoms in total. The quantitative estimate of drug-likeness (QED) is 0.280. The Labute approximate surface area is 186 Å². The molecule has 1 aromatic carbocycles. The molecule has 0 amide bonds. The molecule has 0 saturated heterocycles. The number of thiophene rings is 1. The monoisotopic (exact) mass is 462 g/mol. The molecule has 150 valence electrons. The smallest absolute Gasteiger partial charge is 0.198 e. The maximum absolute atomic E-state index is 6.33. The van der Waals surface area contributed by atoms with Crippen LogP contribution in [0.1, 0.15) is 29.9 Å². The van der Waals surface area contributed by atoms with E-state index in [0.29, 0.717) is 6.61 Å². The molecule has 3 aromatic heterocycles. The summed E-state index contributed by atoms with van der Waals surface area (Å²) in [5.41, 5.74) is 3.10. The molecular formula is C20H19ClN4OS3. The summed E-state index contributed by atoms with van der Waals surface area (Å²) in [7, 11) is 0. The average molecular weight is 463 g/mol. The lowest BCUT2D eigenvalue weighted by Crippen LogP contribution is -2.31.